The van der Waals surface area contributed by atoms with Gasteiger partial charge in [-0.2, -0.15) is 0 Å². The van der Waals surface area contributed by atoms with Crippen molar-refractivity contribution in [3.8, 4) is 0 Å². The van der Waals surface area contributed by atoms with Crippen molar-refractivity contribution >= 4 is 17.9 Å². The molecule has 0 aliphatic carbocycles. The van der Waals surface area contributed by atoms with Gasteiger partial charge in [-0.05, 0) is 31.1 Å². The molecule has 0 heterocycles. The molecule has 0 spiro atoms. The van der Waals surface area contributed by atoms with Crippen LogP contribution in [0.4, 0.5) is 0 Å². The number of carbonyl (C=O) groups is 3. The van der Waals surface area contributed by atoms with Crippen LogP contribution in [-0.2, 0) is 28.6 Å². The van der Waals surface area contributed by atoms with Crippen molar-refractivity contribution in [3.05, 3.63) is 0 Å². The molecule has 0 rings (SSSR count). The van der Waals surface area contributed by atoms with Gasteiger partial charge in [0, 0.05) is 19.3 Å². The Hall–Kier alpha value is -1.59. The summed E-state index contributed by atoms with van der Waals surface area (Å²) in [5, 5.41) is 0. The first kappa shape index (κ1) is 56.4. The van der Waals surface area contributed by atoms with E-state index in [2.05, 4.69) is 34.6 Å². The Morgan fingerprint density at radius 1 is 0.362 bits per heavy atom. The zero-order valence-corrected chi connectivity index (χ0v) is 39.7. The van der Waals surface area contributed by atoms with Crippen LogP contribution in [0.3, 0.4) is 0 Å². The molecule has 0 saturated carbocycles. The second-order valence-corrected chi connectivity index (χ2v) is 18.5. The van der Waals surface area contributed by atoms with Crippen LogP contribution >= 0.6 is 0 Å². The topological polar surface area (TPSA) is 78.9 Å². The summed E-state index contributed by atoms with van der Waals surface area (Å²) in [5.41, 5.74) is 0. The fourth-order valence-corrected chi connectivity index (χ4v) is 7.78. The quantitative estimate of drug-likeness (QED) is 0.0346. The highest BCUT2D eigenvalue weighted by Crippen LogP contribution is 2.18. The Balaban J connectivity index is 4.33. The fraction of sp³-hybridized carbons (Fsp3) is 0.942. The van der Waals surface area contributed by atoms with E-state index in [-0.39, 0.29) is 31.1 Å². The van der Waals surface area contributed by atoms with Gasteiger partial charge in [0.1, 0.15) is 13.2 Å². The molecule has 0 aliphatic heterocycles. The molecule has 0 saturated heterocycles. The van der Waals surface area contributed by atoms with Gasteiger partial charge in [0.15, 0.2) is 6.10 Å². The lowest BCUT2D eigenvalue weighted by molar-refractivity contribution is -0.167. The van der Waals surface area contributed by atoms with E-state index >= 15 is 0 Å². The second-order valence-electron chi connectivity index (χ2n) is 18.5. The number of rotatable bonds is 46. The van der Waals surface area contributed by atoms with Crippen molar-refractivity contribution in [1.82, 2.24) is 0 Å². The number of ether oxygens (including phenoxy) is 3. The highest BCUT2D eigenvalue weighted by molar-refractivity contribution is 5.71. The van der Waals surface area contributed by atoms with Crippen molar-refractivity contribution in [2.75, 3.05) is 13.2 Å². The monoisotopic (exact) mass is 821 g/mol. The minimum absolute atomic E-state index is 0.0641. The zero-order chi connectivity index (χ0) is 42.6. The summed E-state index contributed by atoms with van der Waals surface area (Å²) in [7, 11) is 0. The van der Waals surface area contributed by atoms with Crippen LogP contribution in [0.15, 0.2) is 0 Å². The van der Waals surface area contributed by atoms with E-state index in [4.69, 9.17) is 14.2 Å². The highest BCUT2D eigenvalue weighted by atomic mass is 16.6. The summed E-state index contributed by atoms with van der Waals surface area (Å²) in [4.78, 5) is 37.9. The molecule has 0 bridgehead atoms. The third-order valence-electron chi connectivity index (χ3n) is 12.1. The smallest absolute Gasteiger partial charge is 0.306 e. The Labute approximate surface area is 361 Å². The average Bonchev–Trinajstić information content (AvgIpc) is 3.21. The molecule has 0 aliphatic rings. The Morgan fingerprint density at radius 2 is 0.655 bits per heavy atom. The largest absolute Gasteiger partial charge is 0.462 e. The molecule has 0 N–H and O–H groups in total. The summed E-state index contributed by atoms with van der Waals surface area (Å²) in [6.45, 7) is 11.4. The van der Waals surface area contributed by atoms with Gasteiger partial charge < -0.3 is 14.2 Å². The summed E-state index contributed by atoms with van der Waals surface area (Å²) >= 11 is 0. The highest BCUT2D eigenvalue weighted by Gasteiger charge is 2.19. The van der Waals surface area contributed by atoms with E-state index in [1.807, 2.05) is 0 Å². The molecule has 344 valence electrons. The Bertz CT molecular complexity index is 887. The van der Waals surface area contributed by atoms with Crippen LogP contribution in [-0.4, -0.2) is 37.2 Å². The number of hydrogen-bond acceptors (Lipinski definition) is 6. The van der Waals surface area contributed by atoms with E-state index in [1.54, 1.807) is 0 Å². The number of esters is 3. The summed E-state index contributed by atoms with van der Waals surface area (Å²) in [5.74, 6) is 0.825. The van der Waals surface area contributed by atoms with Gasteiger partial charge in [-0.1, -0.05) is 247 Å². The zero-order valence-electron chi connectivity index (χ0n) is 39.7. The van der Waals surface area contributed by atoms with E-state index in [0.29, 0.717) is 19.3 Å². The SMILES string of the molecule is CCCCCCCCCCCCCCCCC(=O)O[C@H](COC(=O)CCCCCCCCCCCCCC(C)C)COC(=O)CCCCCCCCCCC(C)CC. The van der Waals surface area contributed by atoms with Gasteiger partial charge in [0.2, 0.25) is 0 Å². The van der Waals surface area contributed by atoms with Gasteiger partial charge in [-0.15, -0.1) is 0 Å². The molecule has 0 fully saturated rings. The summed E-state index contributed by atoms with van der Waals surface area (Å²) in [6.07, 6.45) is 45.1. The molecule has 0 amide bonds. The van der Waals surface area contributed by atoms with Crippen LogP contribution in [0.5, 0.6) is 0 Å². The number of carbonyl (C=O) groups excluding carboxylic acids is 3. The van der Waals surface area contributed by atoms with Gasteiger partial charge in [-0.3, -0.25) is 14.4 Å². The molecule has 1 unspecified atom stereocenters. The average molecular weight is 821 g/mol. The lowest BCUT2D eigenvalue weighted by atomic mass is 9.99. The van der Waals surface area contributed by atoms with Crippen molar-refractivity contribution in [1.29, 1.82) is 0 Å². The lowest BCUT2D eigenvalue weighted by Crippen LogP contribution is -2.30. The maximum Gasteiger partial charge on any atom is 0.306 e. The molecule has 2 atom stereocenters. The molecule has 58 heavy (non-hydrogen) atoms. The van der Waals surface area contributed by atoms with Crippen LogP contribution in [0.25, 0.3) is 0 Å². The van der Waals surface area contributed by atoms with Gasteiger partial charge >= 0.3 is 17.9 Å². The first-order valence-corrected chi connectivity index (χ1v) is 25.8. The fourth-order valence-electron chi connectivity index (χ4n) is 7.78. The Morgan fingerprint density at radius 3 is 0.983 bits per heavy atom. The molecule has 0 aromatic carbocycles. The van der Waals surface area contributed by atoms with Crippen LogP contribution in [0, 0.1) is 11.8 Å². The minimum Gasteiger partial charge on any atom is -0.462 e. The van der Waals surface area contributed by atoms with Crippen molar-refractivity contribution < 1.29 is 28.6 Å². The first-order valence-electron chi connectivity index (χ1n) is 25.8. The predicted octanol–water partition coefficient (Wildman–Crippen LogP) is 16.5. The van der Waals surface area contributed by atoms with Gasteiger partial charge in [-0.25, -0.2) is 0 Å². The van der Waals surface area contributed by atoms with Crippen molar-refractivity contribution in [2.45, 2.75) is 291 Å². The van der Waals surface area contributed by atoms with E-state index in [0.717, 1.165) is 69.6 Å². The molecule has 0 aromatic rings. The molecule has 6 heteroatoms. The number of hydrogen-bond donors (Lipinski definition) is 0. The molecule has 0 radical (unpaired) electrons. The lowest BCUT2D eigenvalue weighted by Gasteiger charge is -2.18. The molecular formula is C52H100O6. The third kappa shape index (κ3) is 44.0. The van der Waals surface area contributed by atoms with Crippen LogP contribution in [0.2, 0.25) is 0 Å². The molecular weight excluding hydrogens is 721 g/mol. The first-order chi connectivity index (χ1) is 28.3. The van der Waals surface area contributed by atoms with E-state index < -0.39 is 6.10 Å². The third-order valence-corrected chi connectivity index (χ3v) is 12.1. The maximum absolute atomic E-state index is 12.8. The van der Waals surface area contributed by atoms with Gasteiger partial charge in [0.25, 0.3) is 0 Å². The van der Waals surface area contributed by atoms with Crippen LogP contribution in [0.1, 0.15) is 285 Å². The second kappa shape index (κ2) is 44.9. The predicted molar refractivity (Wildman–Crippen MR) is 247 cm³/mol. The van der Waals surface area contributed by atoms with Crippen LogP contribution < -0.4 is 0 Å². The van der Waals surface area contributed by atoms with E-state index in [9.17, 15) is 14.4 Å². The number of unbranched alkanes of at least 4 members (excludes halogenated alkanes) is 30. The van der Waals surface area contributed by atoms with Crippen molar-refractivity contribution in [2.24, 2.45) is 11.8 Å². The van der Waals surface area contributed by atoms with Crippen molar-refractivity contribution in [3.63, 3.8) is 0 Å². The maximum atomic E-state index is 12.8. The molecule has 0 aromatic heterocycles. The Kier molecular flexibility index (Phi) is 43.7. The minimum atomic E-state index is -0.762. The standard InChI is InChI=1S/C52H100O6/c1-6-8-9-10-11-12-13-14-15-18-22-29-34-39-44-52(55)58-49(46-57-51(54)43-38-33-28-24-23-26-31-36-41-48(5)7-2)45-56-50(53)42-37-32-27-21-19-16-17-20-25-30-35-40-47(3)4/h47-49H,6-46H2,1-5H3/t48?,49-/m1/s1. The normalized spacial score (nSPS) is 12.5. The van der Waals surface area contributed by atoms with E-state index in [1.165, 1.54) is 173 Å². The molecule has 6 nitrogen and oxygen atoms in total. The van der Waals surface area contributed by atoms with Gasteiger partial charge in [0.05, 0.1) is 0 Å². The summed E-state index contributed by atoms with van der Waals surface area (Å²) in [6, 6.07) is 0. The summed E-state index contributed by atoms with van der Waals surface area (Å²) < 4.78 is 16.8.